The van der Waals surface area contributed by atoms with Crippen LogP contribution >= 0.6 is 0 Å². The molecule has 1 aliphatic heterocycles. The van der Waals surface area contributed by atoms with Gasteiger partial charge in [0, 0.05) is 24.4 Å². The van der Waals surface area contributed by atoms with Crippen molar-refractivity contribution in [2.24, 2.45) is 5.92 Å². The van der Waals surface area contributed by atoms with Gasteiger partial charge in [0.05, 0.1) is 0 Å². The smallest absolute Gasteiger partial charge is 0.0373 e. The number of nitrogens with zero attached hydrogens (tertiary/aromatic N) is 1. The first-order chi connectivity index (χ1) is 10.9. The third-order valence-corrected chi connectivity index (χ3v) is 4.64. The minimum absolute atomic E-state index is 0.573. The number of hydrogen-bond acceptors (Lipinski definition) is 1. The van der Waals surface area contributed by atoms with Crippen LogP contribution in [0.25, 0.3) is 5.57 Å². The van der Waals surface area contributed by atoms with Gasteiger partial charge in [-0.05, 0) is 56.7 Å². The lowest BCUT2D eigenvalue weighted by Gasteiger charge is -2.37. The third kappa shape index (κ3) is 4.25. The van der Waals surface area contributed by atoms with E-state index in [1.165, 1.54) is 35.1 Å². The lowest BCUT2D eigenvalue weighted by Crippen LogP contribution is -2.35. The summed E-state index contributed by atoms with van der Waals surface area (Å²) in [7, 11) is 0. The molecule has 0 radical (unpaired) electrons. The van der Waals surface area contributed by atoms with E-state index < -0.39 is 0 Å². The second-order valence-electron chi connectivity index (χ2n) is 6.80. The summed E-state index contributed by atoms with van der Waals surface area (Å²) in [6.45, 7) is 21.1. The van der Waals surface area contributed by atoms with Gasteiger partial charge >= 0.3 is 0 Å². The molecule has 0 N–H and O–H groups in total. The molecule has 1 nitrogen and oxygen atoms in total. The van der Waals surface area contributed by atoms with E-state index in [1.807, 2.05) is 6.92 Å². The molecule has 1 atom stereocenters. The highest BCUT2D eigenvalue weighted by molar-refractivity contribution is 5.81. The molecule has 2 rings (SSSR count). The van der Waals surface area contributed by atoms with Crippen molar-refractivity contribution < 1.29 is 0 Å². The van der Waals surface area contributed by atoms with Gasteiger partial charge in [-0.3, -0.25) is 0 Å². The van der Waals surface area contributed by atoms with Crippen LogP contribution in [0.3, 0.4) is 0 Å². The zero-order valence-corrected chi connectivity index (χ0v) is 14.9. The molecule has 1 saturated heterocycles. The average Bonchev–Trinajstić information content (AvgIpc) is 2.52. The first-order valence-corrected chi connectivity index (χ1v) is 8.43. The molecule has 1 heteroatoms. The maximum absolute atomic E-state index is 4.43. The lowest BCUT2D eigenvalue weighted by atomic mass is 9.90. The number of hydrogen-bond donors (Lipinski definition) is 0. The summed E-state index contributed by atoms with van der Waals surface area (Å²) in [6, 6.07) is 8.50. The van der Waals surface area contributed by atoms with Crippen LogP contribution in [-0.4, -0.2) is 18.0 Å². The second kappa shape index (κ2) is 7.50. The summed E-state index contributed by atoms with van der Waals surface area (Å²) < 4.78 is 0. The van der Waals surface area contributed by atoms with Crippen molar-refractivity contribution in [3.63, 3.8) is 0 Å². The molecule has 0 aliphatic carbocycles. The Hall–Kier alpha value is -2.02. The number of likely N-dealkylation sites (tertiary alicyclic amines) is 1. The number of aryl methyl sites for hydroxylation is 1. The molecule has 1 aliphatic rings. The molecular formula is C22H29N. The second-order valence-corrected chi connectivity index (χ2v) is 6.80. The molecule has 1 heterocycles. The summed E-state index contributed by atoms with van der Waals surface area (Å²) in [6.07, 6.45) is 4.60. The monoisotopic (exact) mass is 307 g/mol. The Morgan fingerprint density at radius 1 is 1.17 bits per heavy atom. The van der Waals surface area contributed by atoms with E-state index in [1.54, 1.807) is 0 Å². The summed E-state index contributed by atoms with van der Waals surface area (Å²) in [5.41, 5.74) is 7.15. The minimum Gasteiger partial charge on any atom is -0.371 e. The van der Waals surface area contributed by atoms with E-state index in [0.717, 1.165) is 24.4 Å². The Morgan fingerprint density at radius 2 is 1.87 bits per heavy atom. The standard InChI is InChI=1S/C22H29N/c1-16(2)14-22(21-12-8-7-10-18(21)5)19(6)23-13-9-11-20(15-23)17(3)4/h7-8,10,12,14,20H,1,3,6,9,11,13,15H2,2,4-5H3/b22-14-. The molecule has 1 unspecified atom stereocenters. The molecular weight excluding hydrogens is 278 g/mol. The Labute approximate surface area is 141 Å². The number of benzene rings is 1. The fraction of sp³-hybridized carbons (Fsp3) is 0.364. The third-order valence-electron chi connectivity index (χ3n) is 4.64. The van der Waals surface area contributed by atoms with Gasteiger partial charge < -0.3 is 4.90 Å². The van der Waals surface area contributed by atoms with Crippen LogP contribution in [0.2, 0.25) is 0 Å². The van der Waals surface area contributed by atoms with E-state index in [-0.39, 0.29) is 0 Å². The van der Waals surface area contributed by atoms with Gasteiger partial charge in [-0.15, -0.1) is 0 Å². The maximum atomic E-state index is 4.43. The fourth-order valence-corrected chi connectivity index (χ4v) is 3.23. The van der Waals surface area contributed by atoms with Crippen LogP contribution < -0.4 is 0 Å². The van der Waals surface area contributed by atoms with Crippen LogP contribution in [0.4, 0.5) is 0 Å². The molecule has 1 aromatic carbocycles. The SMILES string of the molecule is C=C(C)/C=C(/C(=C)N1CCCC(C(=C)C)C1)c1ccccc1C. The van der Waals surface area contributed by atoms with E-state index in [9.17, 15) is 0 Å². The van der Waals surface area contributed by atoms with Crippen molar-refractivity contribution in [3.8, 4) is 0 Å². The molecule has 0 amide bonds. The normalized spacial score (nSPS) is 18.7. The molecule has 0 spiro atoms. The predicted molar refractivity (Wildman–Crippen MR) is 102 cm³/mol. The minimum atomic E-state index is 0.573. The number of piperidine rings is 1. The summed E-state index contributed by atoms with van der Waals surface area (Å²) in [5.74, 6) is 0.573. The van der Waals surface area contributed by atoms with Gasteiger partial charge in [0.2, 0.25) is 0 Å². The van der Waals surface area contributed by atoms with Gasteiger partial charge in [0.25, 0.3) is 0 Å². The van der Waals surface area contributed by atoms with Crippen LogP contribution in [0.1, 0.15) is 37.8 Å². The number of allylic oxidation sites excluding steroid dienone is 3. The molecule has 122 valence electrons. The van der Waals surface area contributed by atoms with Gasteiger partial charge in [0.1, 0.15) is 0 Å². The van der Waals surface area contributed by atoms with Crippen LogP contribution in [0, 0.1) is 12.8 Å². The predicted octanol–water partition coefficient (Wildman–Crippen LogP) is 5.76. The quantitative estimate of drug-likeness (QED) is 0.494. The zero-order valence-electron chi connectivity index (χ0n) is 14.9. The molecule has 1 aromatic rings. The molecule has 1 fully saturated rings. The summed E-state index contributed by atoms with van der Waals surface area (Å²) in [4.78, 5) is 2.42. The average molecular weight is 307 g/mol. The van der Waals surface area contributed by atoms with Crippen molar-refractivity contribution in [1.29, 1.82) is 0 Å². The lowest BCUT2D eigenvalue weighted by molar-refractivity contribution is 0.247. The van der Waals surface area contributed by atoms with Crippen molar-refractivity contribution in [2.75, 3.05) is 13.1 Å². The fourth-order valence-electron chi connectivity index (χ4n) is 3.23. The summed E-state index contributed by atoms with van der Waals surface area (Å²) >= 11 is 0. The maximum Gasteiger partial charge on any atom is 0.0373 e. The van der Waals surface area contributed by atoms with E-state index in [4.69, 9.17) is 0 Å². The Morgan fingerprint density at radius 3 is 2.48 bits per heavy atom. The Balaban J connectivity index is 2.33. The van der Waals surface area contributed by atoms with E-state index >= 15 is 0 Å². The van der Waals surface area contributed by atoms with Crippen LogP contribution in [0.15, 0.2) is 66.9 Å². The van der Waals surface area contributed by atoms with Gasteiger partial charge in [0.15, 0.2) is 0 Å². The van der Waals surface area contributed by atoms with Crippen molar-refractivity contribution in [3.05, 3.63) is 78.0 Å². The van der Waals surface area contributed by atoms with Crippen LogP contribution in [0.5, 0.6) is 0 Å². The van der Waals surface area contributed by atoms with Crippen molar-refractivity contribution in [2.45, 2.75) is 33.6 Å². The molecule has 23 heavy (non-hydrogen) atoms. The highest BCUT2D eigenvalue weighted by atomic mass is 15.1. The van der Waals surface area contributed by atoms with Crippen molar-refractivity contribution in [1.82, 2.24) is 4.90 Å². The first-order valence-electron chi connectivity index (χ1n) is 8.43. The van der Waals surface area contributed by atoms with Crippen LogP contribution in [-0.2, 0) is 0 Å². The highest BCUT2D eigenvalue weighted by Crippen LogP contribution is 2.32. The molecule has 0 bridgehead atoms. The van der Waals surface area contributed by atoms with E-state index in [0.29, 0.717) is 5.92 Å². The first kappa shape index (κ1) is 17.3. The Bertz CT molecular complexity index is 648. The van der Waals surface area contributed by atoms with Crippen molar-refractivity contribution >= 4 is 5.57 Å². The number of rotatable bonds is 5. The highest BCUT2D eigenvalue weighted by Gasteiger charge is 2.23. The van der Waals surface area contributed by atoms with Gasteiger partial charge in [-0.1, -0.05) is 55.1 Å². The zero-order chi connectivity index (χ0) is 17.0. The van der Waals surface area contributed by atoms with E-state index in [2.05, 4.69) is 68.8 Å². The van der Waals surface area contributed by atoms with Gasteiger partial charge in [-0.2, -0.15) is 0 Å². The Kier molecular flexibility index (Phi) is 5.65. The topological polar surface area (TPSA) is 3.24 Å². The molecule has 0 aromatic heterocycles. The summed E-state index contributed by atoms with van der Waals surface area (Å²) in [5, 5.41) is 0. The van der Waals surface area contributed by atoms with Gasteiger partial charge in [-0.25, -0.2) is 0 Å². The molecule has 0 saturated carbocycles. The largest absolute Gasteiger partial charge is 0.371 e.